The lowest BCUT2D eigenvalue weighted by molar-refractivity contribution is -0.00526. The normalized spacial score (nSPS) is 27.7. The van der Waals surface area contributed by atoms with Crippen LogP contribution in [0.5, 0.6) is 0 Å². The molecule has 21 rings (SSSR count). The van der Waals surface area contributed by atoms with E-state index >= 15 is 0 Å². The fourth-order valence-electron chi connectivity index (χ4n) is 19.6. The summed E-state index contributed by atoms with van der Waals surface area (Å²) in [6, 6.07) is 65.3. The van der Waals surface area contributed by atoms with Crippen molar-refractivity contribution in [1.82, 2.24) is 4.57 Å². The molecule has 11 aromatic rings. The lowest BCUT2D eigenvalue weighted by atomic mass is 9.42. The van der Waals surface area contributed by atoms with Gasteiger partial charge in [0, 0.05) is 53.6 Å². The number of rotatable bonds is 4. The predicted molar refractivity (Wildman–Crippen MR) is 313 cm³/mol. The first-order valence-corrected chi connectivity index (χ1v) is 29.3. The quantitative estimate of drug-likeness (QED) is 0.160. The van der Waals surface area contributed by atoms with Crippen molar-refractivity contribution in [3.8, 4) is 27.9 Å². The van der Waals surface area contributed by atoms with Crippen molar-refractivity contribution in [1.29, 1.82) is 0 Å². The minimum absolute atomic E-state index is 0.0290. The van der Waals surface area contributed by atoms with Gasteiger partial charge in [0.25, 0.3) is 0 Å². The molecule has 74 heavy (non-hydrogen) atoms. The molecule has 0 amide bonds. The van der Waals surface area contributed by atoms with E-state index in [0.29, 0.717) is 5.41 Å². The number of nitrogens with zero attached hydrogens (tertiary/aromatic N) is 2. The van der Waals surface area contributed by atoms with Crippen molar-refractivity contribution in [2.45, 2.75) is 87.9 Å². The summed E-state index contributed by atoms with van der Waals surface area (Å²) < 4.78 is 5.52. The fraction of sp³-hybridized carbons (Fsp3) is 0.286. The Hall–Kier alpha value is -6.62. The van der Waals surface area contributed by atoms with Crippen LogP contribution >= 0.6 is 11.3 Å². The van der Waals surface area contributed by atoms with Gasteiger partial charge in [-0.25, -0.2) is 0 Å². The zero-order valence-electron chi connectivity index (χ0n) is 41.9. The van der Waals surface area contributed by atoms with E-state index in [-0.39, 0.29) is 12.3 Å². The van der Waals surface area contributed by atoms with E-state index < -0.39 is 0 Å². The van der Waals surface area contributed by atoms with E-state index in [2.05, 4.69) is 173 Å². The average Bonchev–Trinajstić information content (AvgIpc) is 4.08. The van der Waals surface area contributed by atoms with E-state index in [0.717, 1.165) is 35.5 Å². The maximum Gasteiger partial charge on any atom is 0.333 e. The summed E-state index contributed by atoms with van der Waals surface area (Å²) in [6.45, 7) is -0.0290. The molecule has 8 saturated carbocycles. The van der Waals surface area contributed by atoms with Crippen molar-refractivity contribution in [3.05, 3.63) is 175 Å². The van der Waals surface area contributed by atoms with Gasteiger partial charge < -0.3 is 9.38 Å². The Morgan fingerprint density at radius 1 is 0.432 bits per heavy atom. The van der Waals surface area contributed by atoms with Crippen molar-refractivity contribution in [3.63, 3.8) is 0 Å². The predicted octanol–water partition coefficient (Wildman–Crippen LogP) is 17.3. The maximum atomic E-state index is 2.83. The number of hydrogen-bond donors (Lipinski definition) is 0. The molecular weight excluding hydrogens is 912 g/mol. The zero-order valence-corrected chi connectivity index (χ0v) is 42.7. The Balaban J connectivity index is 0.951. The molecule has 8 fully saturated rings. The second-order valence-corrected chi connectivity index (χ2v) is 26.7. The number of anilines is 2. The molecule has 9 aromatic carbocycles. The highest BCUT2D eigenvalue weighted by atomic mass is 32.1. The van der Waals surface area contributed by atoms with E-state index in [1.807, 2.05) is 11.3 Å². The molecule has 10 aliphatic rings. The summed E-state index contributed by atoms with van der Waals surface area (Å²) >= 11 is 1.96. The Kier molecular flexibility index (Phi) is 7.81. The molecule has 2 aromatic heterocycles. The smallest absolute Gasteiger partial charge is 0.333 e. The minimum atomic E-state index is -0.0290. The van der Waals surface area contributed by atoms with Crippen molar-refractivity contribution >= 4 is 104 Å². The van der Waals surface area contributed by atoms with Crippen LogP contribution in [0.2, 0.25) is 0 Å². The number of fused-ring (bicyclic) bond motifs is 14. The summed E-state index contributed by atoms with van der Waals surface area (Å²) in [5.74, 6) is 5.35. The second kappa shape index (κ2) is 14.2. The molecule has 0 unspecified atom stereocenters. The van der Waals surface area contributed by atoms with Crippen LogP contribution < -0.4 is 15.7 Å². The van der Waals surface area contributed by atoms with Crippen LogP contribution in [0.4, 0.5) is 11.4 Å². The number of benzene rings is 9. The largest absolute Gasteiger partial charge is 0.376 e. The van der Waals surface area contributed by atoms with Crippen molar-refractivity contribution in [2.24, 2.45) is 35.5 Å². The van der Waals surface area contributed by atoms with E-state index in [4.69, 9.17) is 0 Å². The molecule has 4 heterocycles. The van der Waals surface area contributed by atoms with Gasteiger partial charge in [0.15, 0.2) is 0 Å². The fourth-order valence-corrected chi connectivity index (χ4v) is 20.7. The van der Waals surface area contributed by atoms with Crippen molar-refractivity contribution < 1.29 is 0 Å². The summed E-state index contributed by atoms with van der Waals surface area (Å²) in [5, 5.41) is 11.1. The van der Waals surface area contributed by atoms with Gasteiger partial charge >= 0.3 is 6.85 Å². The summed E-state index contributed by atoms with van der Waals surface area (Å²) in [4.78, 5) is 2.83. The van der Waals surface area contributed by atoms with E-state index in [1.54, 1.807) is 11.1 Å². The van der Waals surface area contributed by atoms with Crippen LogP contribution in [0.3, 0.4) is 0 Å². The van der Waals surface area contributed by atoms with Gasteiger partial charge in [-0.3, -0.25) is 0 Å². The van der Waals surface area contributed by atoms with Gasteiger partial charge in [-0.15, -0.1) is 11.3 Å². The van der Waals surface area contributed by atoms with Crippen LogP contribution in [0.1, 0.15) is 88.2 Å². The maximum absolute atomic E-state index is 2.83. The third-order valence-electron chi connectivity index (χ3n) is 21.6. The third kappa shape index (κ3) is 5.34. The van der Waals surface area contributed by atoms with Crippen LogP contribution in [-0.4, -0.2) is 11.4 Å². The zero-order chi connectivity index (χ0) is 47.8. The van der Waals surface area contributed by atoms with Crippen molar-refractivity contribution in [2.75, 3.05) is 4.81 Å². The molecule has 0 saturated heterocycles. The van der Waals surface area contributed by atoms with Crippen LogP contribution in [0, 0.1) is 35.5 Å². The Morgan fingerprint density at radius 3 is 1.74 bits per heavy atom. The standard InChI is InChI=1S/C70H57BN2S/c1-2-8-46(9-3-1)47-14-17-53(18-15-47)73-60-20-21-62-64(57-28-48-10-4-5-11-49(48)30-63(57)74-62)66(60)65-54-13-7-6-12-50(54)29-61-67(65)71(73)58-33-52(70-37-43-25-44(38-70)27-45(26-43)39-70)32-56-55-31-51(16-19-59(55)72(61)68(56)58)69-34-40-22-41(35-69)24-42(23-40)36-69/h1-21,28-33,40-45H,22-27,34-39H2. The van der Waals surface area contributed by atoms with E-state index in [9.17, 15) is 0 Å². The summed E-state index contributed by atoms with van der Waals surface area (Å²) in [5.41, 5.74) is 19.0. The second-order valence-electron chi connectivity index (χ2n) is 25.6. The molecule has 0 N–H and O–H groups in total. The average molecular weight is 969 g/mol. The highest BCUT2D eigenvalue weighted by molar-refractivity contribution is 7.26. The molecule has 356 valence electrons. The highest BCUT2D eigenvalue weighted by Gasteiger charge is 2.54. The third-order valence-corrected chi connectivity index (χ3v) is 22.7. The Bertz CT molecular complexity index is 4220. The first kappa shape index (κ1) is 40.7. The van der Waals surface area contributed by atoms with Gasteiger partial charge in [-0.1, -0.05) is 103 Å². The lowest BCUT2D eigenvalue weighted by Crippen LogP contribution is -2.61. The molecule has 2 nitrogen and oxygen atoms in total. The SMILES string of the molecule is c1ccc(-c2ccc(N3B4c5c(cc6ccccc6c5-c5c3ccc3sc6cc7ccccc7cc6c53)-n3c5ccc(C67CC8CC(CC(C8)C6)C7)cc5c5cc(C67CC8CC(CC(C8)C6)C7)cc4c53)cc2)cc1. The van der Waals surface area contributed by atoms with Gasteiger partial charge in [0.2, 0.25) is 0 Å². The molecule has 4 heteroatoms. The van der Waals surface area contributed by atoms with Gasteiger partial charge in [0.1, 0.15) is 0 Å². The number of hydrogen-bond acceptors (Lipinski definition) is 2. The lowest BCUT2D eigenvalue weighted by Gasteiger charge is -2.57. The van der Waals surface area contributed by atoms with Gasteiger partial charge in [0.05, 0.1) is 11.0 Å². The minimum Gasteiger partial charge on any atom is -0.376 e. The Morgan fingerprint density at radius 2 is 1.04 bits per heavy atom. The first-order chi connectivity index (χ1) is 36.5. The molecular formula is C70H57BN2S. The molecule has 0 atom stereocenters. The molecule has 0 spiro atoms. The van der Waals surface area contributed by atoms with Gasteiger partial charge in [-0.05, 0) is 244 Å². The first-order valence-electron chi connectivity index (χ1n) is 28.5. The molecule has 8 bridgehead atoms. The van der Waals surface area contributed by atoms with Gasteiger partial charge in [-0.2, -0.15) is 0 Å². The van der Waals surface area contributed by atoms with Crippen LogP contribution in [0.15, 0.2) is 164 Å². The summed E-state index contributed by atoms with van der Waals surface area (Å²) in [6.07, 6.45) is 17.1. The number of aromatic nitrogens is 1. The molecule has 0 radical (unpaired) electrons. The highest BCUT2D eigenvalue weighted by Crippen LogP contribution is 2.63. The number of thiophene rings is 1. The summed E-state index contributed by atoms with van der Waals surface area (Å²) in [7, 11) is 0. The Labute approximate surface area is 437 Å². The van der Waals surface area contributed by atoms with E-state index in [1.165, 1.54) is 191 Å². The monoisotopic (exact) mass is 968 g/mol. The topological polar surface area (TPSA) is 8.17 Å². The van der Waals surface area contributed by atoms with Crippen LogP contribution in [0.25, 0.3) is 91.5 Å². The van der Waals surface area contributed by atoms with Crippen LogP contribution in [-0.2, 0) is 10.8 Å². The molecule has 8 aliphatic carbocycles. The molecule has 2 aliphatic heterocycles.